The molecule has 164 valence electrons. The van der Waals surface area contributed by atoms with Crippen LogP contribution in [0.2, 0.25) is 0 Å². The molecule has 3 N–H and O–H groups in total. The smallest absolute Gasteiger partial charge is 0.416 e. The number of primary amides is 1. The summed E-state index contributed by atoms with van der Waals surface area (Å²) in [4.78, 5) is 25.1. The first-order valence-corrected chi connectivity index (χ1v) is 10.4. The van der Waals surface area contributed by atoms with Gasteiger partial charge in [-0.2, -0.15) is 13.2 Å². The third-order valence-electron chi connectivity index (χ3n) is 7.17. The Morgan fingerprint density at radius 2 is 1.77 bits per heavy atom. The lowest BCUT2D eigenvalue weighted by molar-refractivity contribution is -0.150. The first-order chi connectivity index (χ1) is 13.9. The van der Waals surface area contributed by atoms with Crippen molar-refractivity contribution in [3.8, 4) is 5.75 Å². The van der Waals surface area contributed by atoms with Crippen LogP contribution in [0.5, 0.6) is 5.75 Å². The normalized spacial score (nSPS) is 32.7. The summed E-state index contributed by atoms with van der Waals surface area (Å²) in [5.41, 5.74) is 3.10. The minimum atomic E-state index is -4.48. The molecule has 8 heteroatoms. The molecule has 0 aromatic heterocycles. The van der Waals surface area contributed by atoms with Gasteiger partial charge in [0, 0.05) is 11.5 Å². The van der Waals surface area contributed by atoms with Gasteiger partial charge in [0.15, 0.2) is 5.60 Å². The number of amides is 2. The lowest BCUT2D eigenvalue weighted by Gasteiger charge is -2.59. The number of hydrogen-bond acceptors (Lipinski definition) is 3. The van der Waals surface area contributed by atoms with E-state index in [0.29, 0.717) is 18.8 Å². The second-order valence-electron chi connectivity index (χ2n) is 9.75. The van der Waals surface area contributed by atoms with Crippen LogP contribution in [0.25, 0.3) is 0 Å². The van der Waals surface area contributed by atoms with Crippen LogP contribution in [-0.4, -0.2) is 23.5 Å². The molecule has 0 radical (unpaired) electrons. The van der Waals surface area contributed by atoms with Crippen LogP contribution in [0.15, 0.2) is 24.3 Å². The molecule has 4 fully saturated rings. The van der Waals surface area contributed by atoms with Crippen molar-refractivity contribution < 1.29 is 27.5 Å². The standard InChI is InChI=1S/C22H27F3N2O3/c1-20(2,30-16-5-3-4-15(8-16)22(23,24)25)19(29)27-17-13-6-12-7-14(17)11-21(9-12,10-13)18(26)28/h3-5,8,12-14,17H,6-7,9-11H2,1-2H3,(H2,26,28)(H,27,29). The number of carbonyl (C=O) groups excluding carboxylic acids is 2. The van der Waals surface area contributed by atoms with Gasteiger partial charge in [-0.05, 0) is 81.9 Å². The first-order valence-electron chi connectivity index (χ1n) is 10.4. The van der Waals surface area contributed by atoms with Crippen molar-refractivity contribution in [3.05, 3.63) is 29.8 Å². The molecule has 5 nitrogen and oxygen atoms in total. The molecule has 1 aromatic carbocycles. The summed E-state index contributed by atoms with van der Waals surface area (Å²) in [5.74, 6) is 0.236. The Hall–Kier alpha value is -2.25. The van der Waals surface area contributed by atoms with Gasteiger partial charge < -0.3 is 15.8 Å². The summed E-state index contributed by atoms with van der Waals surface area (Å²) >= 11 is 0. The third kappa shape index (κ3) is 3.65. The largest absolute Gasteiger partial charge is 0.478 e. The molecule has 4 aliphatic carbocycles. The van der Waals surface area contributed by atoms with E-state index in [1.54, 1.807) is 13.8 Å². The number of ether oxygens (including phenoxy) is 1. The molecule has 4 bridgehead atoms. The topological polar surface area (TPSA) is 81.4 Å². The second-order valence-corrected chi connectivity index (χ2v) is 9.75. The summed E-state index contributed by atoms with van der Waals surface area (Å²) in [5, 5.41) is 3.09. The van der Waals surface area contributed by atoms with Gasteiger partial charge in [0.1, 0.15) is 5.75 Å². The zero-order valence-electron chi connectivity index (χ0n) is 17.1. The van der Waals surface area contributed by atoms with E-state index >= 15 is 0 Å². The number of carbonyl (C=O) groups is 2. The van der Waals surface area contributed by atoms with Gasteiger partial charge in [-0.1, -0.05) is 6.07 Å². The number of nitrogens with two attached hydrogens (primary N) is 1. The van der Waals surface area contributed by atoms with E-state index in [4.69, 9.17) is 10.5 Å². The molecule has 0 saturated heterocycles. The van der Waals surface area contributed by atoms with Crippen LogP contribution in [0.1, 0.15) is 51.5 Å². The van der Waals surface area contributed by atoms with Crippen molar-refractivity contribution in [2.24, 2.45) is 28.9 Å². The quantitative estimate of drug-likeness (QED) is 0.757. The third-order valence-corrected chi connectivity index (χ3v) is 7.17. The van der Waals surface area contributed by atoms with Gasteiger partial charge in [0.25, 0.3) is 5.91 Å². The van der Waals surface area contributed by atoms with Crippen molar-refractivity contribution >= 4 is 11.8 Å². The van der Waals surface area contributed by atoms with Gasteiger partial charge in [-0.3, -0.25) is 9.59 Å². The lowest BCUT2D eigenvalue weighted by atomic mass is 9.47. The second kappa shape index (κ2) is 6.89. The van der Waals surface area contributed by atoms with E-state index in [-0.39, 0.29) is 35.4 Å². The van der Waals surface area contributed by atoms with Crippen LogP contribution in [0, 0.1) is 23.2 Å². The van der Waals surface area contributed by atoms with Crippen LogP contribution in [0.4, 0.5) is 13.2 Å². The Morgan fingerprint density at radius 3 is 2.33 bits per heavy atom. The zero-order valence-corrected chi connectivity index (χ0v) is 17.1. The predicted octanol–water partition coefficient (Wildman–Crippen LogP) is 3.66. The van der Waals surface area contributed by atoms with E-state index in [0.717, 1.165) is 31.4 Å². The van der Waals surface area contributed by atoms with Gasteiger partial charge >= 0.3 is 6.18 Å². The minimum Gasteiger partial charge on any atom is -0.478 e. The molecule has 2 amide bonds. The van der Waals surface area contributed by atoms with Crippen LogP contribution < -0.4 is 15.8 Å². The van der Waals surface area contributed by atoms with Crippen molar-refractivity contribution in [1.29, 1.82) is 0 Å². The van der Waals surface area contributed by atoms with Gasteiger partial charge in [-0.15, -0.1) is 0 Å². The molecule has 1 aromatic rings. The number of hydrogen-bond donors (Lipinski definition) is 2. The molecule has 2 unspecified atom stereocenters. The average Bonchev–Trinajstić information content (AvgIpc) is 2.63. The molecule has 4 saturated carbocycles. The highest BCUT2D eigenvalue weighted by atomic mass is 19.4. The first kappa shape index (κ1) is 21.0. The Morgan fingerprint density at radius 1 is 1.13 bits per heavy atom. The molecule has 0 aliphatic heterocycles. The molecule has 30 heavy (non-hydrogen) atoms. The maximum atomic E-state index is 13.0. The monoisotopic (exact) mass is 424 g/mol. The van der Waals surface area contributed by atoms with E-state index in [1.165, 1.54) is 12.1 Å². The Labute approximate surface area is 173 Å². The maximum Gasteiger partial charge on any atom is 0.416 e. The van der Waals surface area contributed by atoms with E-state index < -0.39 is 22.8 Å². The van der Waals surface area contributed by atoms with Gasteiger partial charge in [0.05, 0.1) is 5.56 Å². The minimum absolute atomic E-state index is 0.0114. The molecule has 5 rings (SSSR count). The van der Waals surface area contributed by atoms with E-state index in [9.17, 15) is 22.8 Å². The van der Waals surface area contributed by atoms with Crippen molar-refractivity contribution in [3.63, 3.8) is 0 Å². The van der Waals surface area contributed by atoms with Crippen LogP contribution in [0.3, 0.4) is 0 Å². The lowest BCUT2D eigenvalue weighted by Crippen LogP contribution is -2.63. The molecule has 0 spiro atoms. The predicted molar refractivity (Wildman–Crippen MR) is 103 cm³/mol. The molecule has 0 heterocycles. The highest BCUT2D eigenvalue weighted by Gasteiger charge is 2.58. The van der Waals surface area contributed by atoms with Gasteiger partial charge in [0.2, 0.25) is 5.91 Å². The number of alkyl halides is 3. The fourth-order valence-electron chi connectivity index (χ4n) is 5.96. The fourth-order valence-corrected chi connectivity index (χ4v) is 5.96. The molecule has 2 atom stereocenters. The number of nitrogens with one attached hydrogen (secondary N) is 1. The van der Waals surface area contributed by atoms with Crippen LogP contribution >= 0.6 is 0 Å². The van der Waals surface area contributed by atoms with Crippen molar-refractivity contribution in [1.82, 2.24) is 5.32 Å². The summed E-state index contributed by atoms with van der Waals surface area (Å²) in [6, 6.07) is 4.46. The molecular formula is C22H27F3N2O3. The van der Waals surface area contributed by atoms with Crippen molar-refractivity contribution in [2.45, 2.75) is 63.8 Å². The fraction of sp³-hybridized carbons (Fsp3) is 0.636. The molecular weight excluding hydrogens is 397 g/mol. The zero-order chi connectivity index (χ0) is 21.9. The average molecular weight is 424 g/mol. The van der Waals surface area contributed by atoms with Crippen molar-refractivity contribution in [2.75, 3.05) is 0 Å². The Bertz CT molecular complexity index is 851. The SMILES string of the molecule is CC(C)(Oc1cccc(C(F)(F)F)c1)C(=O)NC1C2CC3CC1CC(C(N)=O)(C3)C2. The van der Waals surface area contributed by atoms with Gasteiger partial charge in [-0.25, -0.2) is 0 Å². The maximum absolute atomic E-state index is 13.0. The van der Waals surface area contributed by atoms with E-state index in [2.05, 4.69) is 5.32 Å². The van der Waals surface area contributed by atoms with Crippen LogP contribution in [-0.2, 0) is 15.8 Å². The summed E-state index contributed by atoms with van der Waals surface area (Å²) < 4.78 is 44.5. The summed E-state index contributed by atoms with van der Waals surface area (Å²) in [6.45, 7) is 3.09. The Balaban J connectivity index is 1.46. The highest BCUT2D eigenvalue weighted by Crippen LogP contribution is 2.60. The summed E-state index contributed by atoms with van der Waals surface area (Å²) in [6.07, 6.45) is -0.330. The number of rotatable bonds is 5. The highest BCUT2D eigenvalue weighted by molar-refractivity contribution is 5.85. The van der Waals surface area contributed by atoms with E-state index in [1.807, 2.05) is 0 Å². The Kier molecular flexibility index (Phi) is 4.82. The molecule has 4 aliphatic rings. The number of halogens is 3. The summed E-state index contributed by atoms with van der Waals surface area (Å²) in [7, 11) is 0. The number of benzene rings is 1.